The van der Waals surface area contributed by atoms with Gasteiger partial charge in [-0.25, -0.2) is 0 Å². The van der Waals surface area contributed by atoms with E-state index in [1.54, 1.807) is 6.08 Å². The number of hydrogen-bond acceptors (Lipinski definition) is 2. The Morgan fingerprint density at radius 2 is 1.89 bits per heavy atom. The second-order valence-electron chi connectivity index (χ2n) is 10.1. The molecule has 3 saturated carbocycles. The van der Waals surface area contributed by atoms with Gasteiger partial charge < -0.3 is 5.32 Å². The van der Waals surface area contributed by atoms with E-state index in [1.807, 2.05) is 12.4 Å². The number of aromatic nitrogens is 1. The Kier molecular flexibility index (Phi) is 4.26. The van der Waals surface area contributed by atoms with Gasteiger partial charge in [0.2, 0.25) is 5.91 Å². The second-order valence-corrected chi connectivity index (χ2v) is 10.1. The molecular weight excluding hydrogens is 344 g/mol. The van der Waals surface area contributed by atoms with Crippen LogP contribution >= 0.6 is 0 Å². The highest BCUT2D eigenvalue weighted by Gasteiger charge is 2.59. The zero-order chi connectivity index (χ0) is 19.4. The second kappa shape index (κ2) is 6.57. The molecule has 5 rings (SSSR count). The Bertz CT molecular complexity index is 815. The van der Waals surface area contributed by atoms with Gasteiger partial charge in [-0.2, -0.15) is 0 Å². The predicted molar refractivity (Wildman–Crippen MR) is 112 cm³/mol. The van der Waals surface area contributed by atoms with Crippen molar-refractivity contribution in [2.75, 3.05) is 0 Å². The minimum atomic E-state index is 0.101. The molecule has 0 radical (unpaired) electrons. The first-order valence-corrected chi connectivity index (χ1v) is 11.1. The highest BCUT2D eigenvalue weighted by molar-refractivity contribution is 5.89. The Labute approximate surface area is 168 Å². The molecule has 1 aliphatic heterocycles. The standard InChI is InChI=1S/C25H32N2O/c1-24-13-9-21-19(6-8-22-25(21,2)14-10-23(28)27-22)20(24)7-5-18(24)4-3-17-11-15-26-16-12-17/h3-4,10-12,14-16,18-22H,5-9,13H2,1-2H3,(H,27,28)/b4-3+/t18-,19-,20-,21-,22?,24+,25+/m0/s1. The van der Waals surface area contributed by atoms with E-state index in [4.69, 9.17) is 0 Å². The quantitative estimate of drug-likeness (QED) is 0.788. The van der Waals surface area contributed by atoms with Gasteiger partial charge >= 0.3 is 0 Å². The molecule has 0 bridgehead atoms. The van der Waals surface area contributed by atoms with Gasteiger partial charge in [-0.05, 0) is 91.4 Å². The van der Waals surface area contributed by atoms with Crippen molar-refractivity contribution >= 4 is 12.0 Å². The number of pyridine rings is 1. The SMILES string of the molecule is C[C@]12CC[C@H]3[C@@H](CCC4NC(=O)C=C[C@@]43C)[C@@H]1CC[C@@H]2/C=C/c1ccncc1. The van der Waals surface area contributed by atoms with Crippen LogP contribution in [0.4, 0.5) is 0 Å². The number of carbonyl (C=O) groups is 1. The number of rotatable bonds is 2. The van der Waals surface area contributed by atoms with Crippen LogP contribution < -0.4 is 5.32 Å². The molecular formula is C25H32N2O. The van der Waals surface area contributed by atoms with Crippen LogP contribution in [-0.2, 0) is 4.79 Å². The maximum absolute atomic E-state index is 11.9. The normalized spacial score (nSPS) is 44.6. The number of hydrogen-bond donors (Lipinski definition) is 1. The minimum absolute atomic E-state index is 0.101. The van der Waals surface area contributed by atoms with Crippen LogP contribution in [-0.4, -0.2) is 16.9 Å². The fraction of sp³-hybridized carbons (Fsp3) is 0.600. The third kappa shape index (κ3) is 2.69. The van der Waals surface area contributed by atoms with Crippen LogP contribution in [0.1, 0.15) is 57.9 Å². The molecule has 1 aromatic rings. The van der Waals surface area contributed by atoms with Crippen LogP contribution in [0.5, 0.6) is 0 Å². The first-order chi connectivity index (χ1) is 13.5. The first-order valence-electron chi connectivity index (χ1n) is 11.1. The number of fused-ring (bicyclic) bond motifs is 5. The molecule has 1 N–H and O–H groups in total. The lowest BCUT2D eigenvalue weighted by Crippen LogP contribution is -2.59. The molecule has 1 unspecified atom stereocenters. The van der Waals surface area contributed by atoms with E-state index in [9.17, 15) is 4.79 Å². The molecule has 3 aliphatic carbocycles. The molecule has 0 aromatic carbocycles. The number of allylic oxidation sites excluding steroid dienone is 1. The molecule has 3 heteroatoms. The van der Waals surface area contributed by atoms with Crippen LogP contribution in [0.3, 0.4) is 0 Å². The van der Waals surface area contributed by atoms with E-state index in [0.717, 1.165) is 18.3 Å². The third-order valence-electron chi connectivity index (χ3n) is 8.99. The Hall–Kier alpha value is -1.90. The molecule has 7 atom stereocenters. The maximum Gasteiger partial charge on any atom is 0.243 e. The largest absolute Gasteiger partial charge is 0.349 e. The van der Waals surface area contributed by atoms with E-state index >= 15 is 0 Å². The summed E-state index contributed by atoms with van der Waals surface area (Å²) in [7, 11) is 0. The summed E-state index contributed by atoms with van der Waals surface area (Å²) in [6.45, 7) is 4.97. The van der Waals surface area contributed by atoms with E-state index in [2.05, 4.69) is 54.5 Å². The van der Waals surface area contributed by atoms with Crippen molar-refractivity contribution < 1.29 is 4.79 Å². The van der Waals surface area contributed by atoms with Gasteiger partial charge in [0.05, 0.1) is 0 Å². The average molecular weight is 377 g/mol. The number of carbonyl (C=O) groups excluding carboxylic acids is 1. The van der Waals surface area contributed by atoms with E-state index in [0.29, 0.717) is 23.3 Å². The van der Waals surface area contributed by atoms with Crippen molar-refractivity contribution in [1.29, 1.82) is 0 Å². The molecule has 0 spiro atoms. The summed E-state index contributed by atoms with van der Waals surface area (Å²) >= 11 is 0. The number of nitrogens with zero attached hydrogens (tertiary/aromatic N) is 1. The molecule has 2 heterocycles. The Balaban J connectivity index is 1.39. The summed E-state index contributed by atoms with van der Waals surface area (Å²) in [5.41, 5.74) is 1.82. The number of nitrogens with one attached hydrogen (secondary N) is 1. The topological polar surface area (TPSA) is 42.0 Å². The Morgan fingerprint density at radius 1 is 1.07 bits per heavy atom. The highest BCUT2D eigenvalue weighted by atomic mass is 16.1. The van der Waals surface area contributed by atoms with Crippen molar-refractivity contribution in [2.24, 2.45) is 34.5 Å². The van der Waals surface area contributed by atoms with Crippen LogP contribution in [0, 0.1) is 34.5 Å². The van der Waals surface area contributed by atoms with Gasteiger partial charge in [-0.3, -0.25) is 9.78 Å². The maximum atomic E-state index is 11.9. The molecule has 3 nitrogen and oxygen atoms in total. The lowest BCUT2D eigenvalue weighted by molar-refractivity contribution is -0.122. The summed E-state index contributed by atoms with van der Waals surface area (Å²) in [5, 5.41) is 3.27. The number of amides is 1. The minimum Gasteiger partial charge on any atom is -0.349 e. The lowest BCUT2D eigenvalue weighted by atomic mass is 9.48. The van der Waals surface area contributed by atoms with Gasteiger partial charge in [0, 0.05) is 23.9 Å². The highest BCUT2D eigenvalue weighted by Crippen LogP contribution is 2.65. The molecule has 1 amide bonds. The summed E-state index contributed by atoms with van der Waals surface area (Å²) in [6.07, 6.45) is 20.3. The molecule has 1 aromatic heterocycles. The van der Waals surface area contributed by atoms with E-state index in [-0.39, 0.29) is 11.3 Å². The molecule has 0 saturated heterocycles. The van der Waals surface area contributed by atoms with Crippen molar-refractivity contribution in [3.63, 3.8) is 0 Å². The van der Waals surface area contributed by atoms with Gasteiger partial charge in [-0.15, -0.1) is 0 Å². The smallest absolute Gasteiger partial charge is 0.243 e. The van der Waals surface area contributed by atoms with Crippen LogP contribution in [0.2, 0.25) is 0 Å². The predicted octanol–water partition coefficient (Wildman–Crippen LogP) is 5.01. The van der Waals surface area contributed by atoms with Gasteiger partial charge in [0.1, 0.15) is 0 Å². The van der Waals surface area contributed by atoms with Crippen LogP contribution in [0.15, 0.2) is 42.8 Å². The van der Waals surface area contributed by atoms with Crippen molar-refractivity contribution in [3.05, 3.63) is 48.3 Å². The van der Waals surface area contributed by atoms with Crippen molar-refractivity contribution in [1.82, 2.24) is 10.3 Å². The van der Waals surface area contributed by atoms with Gasteiger partial charge in [-0.1, -0.05) is 32.1 Å². The summed E-state index contributed by atoms with van der Waals surface area (Å²) in [6, 6.07) is 4.52. The fourth-order valence-corrected chi connectivity index (χ4v) is 7.39. The van der Waals surface area contributed by atoms with Crippen molar-refractivity contribution in [2.45, 2.75) is 58.4 Å². The summed E-state index contributed by atoms with van der Waals surface area (Å²) < 4.78 is 0. The average Bonchev–Trinajstić information content (AvgIpc) is 3.04. The van der Waals surface area contributed by atoms with Gasteiger partial charge in [0.25, 0.3) is 0 Å². The van der Waals surface area contributed by atoms with Crippen molar-refractivity contribution in [3.8, 4) is 0 Å². The fourth-order valence-electron chi connectivity index (χ4n) is 7.39. The first kappa shape index (κ1) is 18.1. The molecule has 28 heavy (non-hydrogen) atoms. The lowest BCUT2D eigenvalue weighted by Gasteiger charge is -2.58. The zero-order valence-corrected chi connectivity index (χ0v) is 17.1. The van der Waals surface area contributed by atoms with Crippen LogP contribution in [0.25, 0.3) is 6.08 Å². The Morgan fingerprint density at radius 3 is 2.71 bits per heavy atom. The molecule has 3 fully saturated rings. The van der Waals surface area contributed by atoms with Gasteiger partial charge in [0.15, 0.2) is 0 Å². The molecule has 148 valence electrons. The van der Waals surface area contributed by atoms with E-state index in [1.165, 1.54) is 37.7 Å². The van der Waals surface area contributed by atoms with E-state index < -0.39 is 0 Å². The summed E-state index contributed by atoms with van der Waals surface area (Å²) in [5.74, 6) is 3.12. The molecule has 4 aliphatic rings. The zero-order valence-electron chi connectivity index (χ0n) is 17.1. The monoisotopic (exact) mass is 376 g/mol. The summed E-state index contributed by atoms with van der Waals surface area (Å²) in [4.78, 5) is 16.0. The third-order valence-corrected chi connectivity index (χ3v) is 8.99.